The van der Waals surface area contributed by atoms with Crippen molar-refractivity contribution in [3.8, 4) is 26.6 Å². The molecular weight excluding hydrogens is 968 g/mol. The van der Waals surface area contributed by atoms with Gasteiger partial charge in [0.25, 0.3) is 0 Å². The van der Waals surface area contributed by atoms with Crippen LogP contribution in [0.15, 0.2) is 89.8 Å². The van der Waals surface area contributed by atoms with Gasteiger partial charge in [-0.2, -0.15) is 5.10 Å². The van der Waals surface area contributed by atoms with E-state index in [1.165, 1.54) is 9.78 Å². The monoisotopic (exact) mass is 1020 g/mol. The fourth-order valence-electron chi connectivity index (χ4n) is 10.2. The zero-order chi connectivity index (χ0) is 50.5. The minimum atomic E-state index is -0.838. The predicted molar refractivity (Wildman–Crippen MR) is 281 cm³/mol. The van der Waals surface area contributed by atoms with Gasteiger partial charge in [-0.05, 0) is 93.5 Å². The molecule has 16 nitrogen and oxygen atoms in total. The highest BCUT2D eigenvalue weighted by atomic mass is 35.5. The zero-order valence-electron chi connectivity index (χ0n) is 41.2. The van der Waals surface area contributed by atoms with Gasteiger partial charge in [0.1, 0.15) is 34.8 Å². The number of carbonyl (C=O) groups excluding carboxylic acids is 3. The summed E-state index contributed by atoms with van der Waals surface area (Å²) < 4.78 is 3.72. The number of likely N-dealkylation sites (tertiary alicyclic amines) is 1. The van der Waals surface area contributed by atoms with Gasteiger partial charge in [0.05, 0.1) is 46.6 Å². The van der Waals surface area contributed by atoms with E-state index in [1.807, 2.05) is 107 Å². The highest BCUT2D eigenvalue weighted by Gasteiger charge is 2.43. The molecule has 2 saturated heterocycles. The molecule has 10 rings (SSSR count). The molecule has 0 spiro atoms. The number of aliphatic hydroxyl groups is 1. The Balaban J connectivity index is 0.796. The number of carbonyl (C=O) groups is 3. The second-order valence-electron chi connectivity index (χ2n) is 19.4. The molecule has 1 unspecified atom stereocenters. The van der Waals surface area contributed by atoms with Crippen LogP contribution < -0.4 is 15.5 Å². The lowest BCUT2D eigenvalue weighted by atomic mass is 9.99. The number of β-amino-alcohol motifs (C(OH)–C–C–N with tert-alkyl or cyclic N) is 1. The lowest BCUT2D eigenvalue weighted by Crippen LogP contribution is -2.49. The van der Waals surface area contributed by atoms with Crippen molar-refractivity contribution in [3.05, 3.63) is 134 Å². The molecular formula is C53H57ClN12O4S2. The summed E-state index contributed by atoms with van der Waals surface area (Å²) in [5, 5.41) is 32.6. The normalized spacial score (nSPS) is 19.4. The van der Waals surface area contributed by atoms with E-state index in [0.29, 0.717) is 23.9 Å². The number of hydrogen-bond acceptors (Lipinski definition) is 13. The third kappa shape index (κ3) is 9.60. The number of fused-ring (bicyclic) bond motifs is 3. The number of halogens is 1. The van der Waals surface area contributed by atoms with Crippen molar-refractivity contribution in [2.45, 2.75) is 104 Å². The summed E-state index contributed by atoms with van der Waals surface area (Å²) in [5.41, 5.74) is 10.3. The van der Waals surface area contributed by atoms with Crippen LogP contribution in [0.25, 0.3) is 26.6 Å². The number of nitrogens with one attached hydrogen (secondary N) is 2. The summed E-state index contributed by atoms with van der Waals surface area (Å²) in [6.45, 7) is 15.2. The Kier molecular flexibility index (Phi) is 13.7. The van der Waals surface area contributed by atoms with E-state index in [2.05, 4.69) is 49.1 Å². The molecule has 72 heavy (non-hydrogen) atoms. The Labute approximate surface area is 431 Å². The topological polar surface area (TPSA) is 189 Å². The van der Waals surface area contributed by atoms with Gasteiger partial charge in [0.15, 0.2) is 5.82 Å². The van der Waals surface area contributed by atoms with Crippen LogP contribution >= 0.6 is 34.3 Å². The average Bonchev–Trinajstić information content (AvgIpc) is 4.24. The number of aromatic nitrogens is 7. The molecule has 3 aliphatic rings. The van der Waals surface area contributed by atoms with Crippen molar-refractivity contribution < 1.29 is 19.5 Å². The van der Waals surface area contributed by atoms with Crippen LogP contribution in [0.2, 0.25) is 5.02 Å². The quantitative estimate of drug-likeness (QED) is 0.101. The van der Waals surface area contributed by atoms with E-state index in [1.54, 1.807) is 39.7 Å². The van der Waals surface area contributed by atoms with Gasteiger partial charge in [-0.25, -0.2) is 9.97 Å². The Bertz CT molecular complexity index is 3200. The number of hydrogen-bond donors (Lipinski definition) is 3. The van der Waals surface area contributed by atoms with Gasteiger partial charge in [-0.15, -0.1) is 32.9 Å². The van der Waals surface area contributed by atoms with Crippen LogP contribution in [0.3, 0.4) is 0 Å². The van der Waals surface area contributed by atoms with E-state index in [9.17, 15) is 19.5 Å². The molecule has 2 fully saturated rings. The van der Waals surface area contributed by atoms with Gasteiger partial charge in [0.2, 0.25) is 17.7 Å². The number of anilines is 1. The number of amides is 3. The molecule has 19 heteroatoms. The largest absolute Gasteiger partial charge is 0.391 e. The highest BCUT2D eigenvalue weighted by Crippen LogP contribution is 2.40. The molecule has 3 aliphatic heterocycles. The minimum absolute atomic E-state index is 0.0501. The number of nitrogens with zero attached hydrogens (tertiary/aromatic N) is 10. The summed E-state index contributed by atoms with van der Waals surface area (Å²) in [6.07, 6.45) is 5.47. The molecule has 0 saturated carbocycles. The summed E-state index contributed by atoms with van der Waals surface area (Å²) in [7, 11) is 0. The summed E-state index contributed by atoms with van der Waals surface area (Å²) >= 11 is 9.57. The van der Waals surface area contributed by atoms with E-state index in [-0.39, 0.29) is 55.1 Å². The fraction of sp³-hybridized carbons (Fsp3) is 0.377. The standard InChI is InChI=1S/C53H57ClN12O4S2/c1-28(2)48(52(70)64-26-41(67)21-43(64)51(69)58-30(4)34-8-10-36(11-9-34)49-31(5)56-27-71-49)65-24-38(23-57-65)37-16-18-55-44(20-37)63-19-17-40(25-63)59-45(68)22-42-50-62-61-33(7)66(50)53-46(29(3)32(6)72-53)47(60-42)35-12-14-39(54)15-13-35/h8-16,18,20,23-24,27-28,30,40-43,48,67H,17,19,21-22,25-26H2,1-7H3,(H,58,69)(H,59,68)/t30-,40?,41+,42-,43-,48-/m0/s1. The SMILES string of the molecule is Cc1ncsc1-c1ccc([C@H](C)NC(=O)[C@@H]2C[C@@H](O)CN2C(=O)[C@H](C(C)C)n2cc(-c3ccnc(N4CCC(NC(=O)C[C@@H]5N=C(c6ccc(Cl)cc6)c6c(sc(C)c6C)-n6c(C)nnc65)C4)c3)cn2)cc1. The number of aryl methyl sites for hydroxylation is 3. The lowest BCUT2D eigenvalue weighted by molar-refractivity contribution is -0.142. The Morgan fingerprint density at radius 3 is 2.42 bits per heavy atom. The number of aliphatic imine (C=N–C) groups is 1. The van der Waals surface area contributed by atoms with Crippen LogP contribution in [0, 0.1) is 33.6 Å². The number of thiazole rings is 1. The molecule has 0 aliphatic carbocycles. The summed E-state index contributed by atoms with van der Waals surface area (Å²) in [6, 6.07) is 17.0. The van der Waals surface area contributed by atoms with Crippen molar-refractivity contribution in [2.75, 3.05) is 24.5 Å². The molecule has 5 aromatic heterocycles. The van der Waals surface area contributed by atoms with Crippen LogP contribution in [0.1, 0.15) is 103 Å². The molecule has 3 N–H and O–H groups in total. The van der Waals surface area contributed by atoms with Crippen molar-refractivity contribution in [1.29, 1.82) is 0 Å². The first-order valence-electron chi connectivity index (χ1n) is 24.3. The van der Waals surface area contributed by atoms with E-state index in [0.717, 1.165) is 78.3 Å². The number of aliphatic hydroxyl groups excluding tert-OH is 1. The molecule has 372 valence electrons. The molecule has 2 aromatic carbocycles. The predicted octanol–water partition coefficient (Wildman–Crippen LogP) is 8.31. The number of pyridine rings is 1. The Hall–Kier alpha value is -6.60. The highest BCUT2D eigenvalue weighted by molar-refractivity contribution is 7.15. The molecule has 3 amide bonds. The smallest absolute Gasteiger partial charge is 0.248 e. The fourth-order valence-corrected chi connectivity index (χ4v) is 12.3. The zero-order valence-corrected chi connectivity index (χ0v) is 43.6. The first-order valence-corrected chi connectivity index (χ1v) is 26.4. The van der Waals surface area contributed by atoms with E-state index in [4.69, 9.17) is 26.7 Å². The molecule has 0 radical (unpaired) electrons. The van der Waals surface area contributed by atoms with Crippen molar-refractivity contribution in [1.82, 2.24) is 50.0 Å². The molecule has 6 atom stereocenters. The molecule has 0 bridgehead atoms. The van der Waals surface area contributed by atoms with Crippen molar-refractivity contribution in [3.63, 3.8) is 0 Å². The van der Waals surface area contributed by atoms with Crippen LogP contribution in [-0.4, -0.2) is 106 Å². The number of benzene rings is 2. The Morgan fingerprint density at radius 2 is 1.68 bits per heavy atom. The van der Waals surface area contributed by atoms with E-state index < -0.39 is 24.2 Å². The minimum Gasteiger partial charge on any atom is -0.391 e. The second-order valence-corrected chi connectivity index (χ2v) is 21.9. The average molecular weight is 1030 g/mol. The van der Waals surface area contributed by atoms with E-state index >= 15 is 0 Å². The van der Waals surface area contributed by atoms with Gasteiger partial charge in [-0.3, -0.25) is 28.6 Å². The molecule has 8 heterocycles. The maximum atomic E-state index is 14.5. The van der Waals surface area contributed by atoms with Crippen molar-refractivity contribution >= 4 is 63.5 Å². The number of rotatable bonds is 13. The van der Waals surface area contributed by atoms with Crippen LogP contribution in [0.5, 0.6) is 0 Å². The summed E-state index contributed by atoms with van der Waals surface area (Å²) in [4.78, 5) is 62.7. The third-order valence-electron chi connectivity index (χ3n) is 14.1. The maximum absolute atomic E-state index is 14.5. The van der Waals surface area contributed by atoms with Gasteiger partial charge >= 0.3 is 0 Å². The second kappa shape index (κ2) is 20.1. The third-order valence-corrected chi connectivity index (χ3v) is 16.5. The maximum Gasteiger partial charge on any atom is 0.248 e. The molecule has 7 aromatic rings. The van der Waals surface area contributed by atoms with Gasteiger partial charge < -0.3 is 25.5 Å². The number of thiophene rings is 1. The first kappa shape index (κ1) is 49.0. The lowest BCUT2D eigenvalue weighted by Gasteiger charge is -2.30. The van der Waals surface area contributed by atoms with Crippen LogP contribution in [0.4, 0.5) is 5.82 Å². The van der Waals surface area contributed by atoms with Gasteiger partial charge in [0, 0.05) is 71.1 Å². The van der Waals surface area contributed by atoms with Crippen molar-refractivity contribution in [2.24, 2.45) is 10.9 Å². The summed E-state index contributed by atoms with van der Waals surface area (Å²) in [5.74, 6) is 1.22. The van der Waals surface area contributed by atoms with Gasteiger partial charge in [-0.1, -0.05) is 61.8 Å². The Morgan fingerprint density at radius 1 is 0.917 bits per heavy atom. The first-order chi connectivity index (χ1) is 34.6. The van der Waals surface area contributed by atoms with Crippen LogP contribution in [-0.2, 0) is 14.4 Å².